The number of hydrogen-bond acceptors (Lipinski definition) is 7. The van der Waals surface area contributed by atoms with Crippen LogP contribution in [0.3, 0.4) is 0 Å². The van der Waals surface area contributed by atoms with Crippen LogP contribution >= 0.6 is 0 Å². The van der Waals surface area contributed by atoms with E-state index >= 15 is 0 Å². The molecule has 2 aromatic rings. The lowest BCUT2D eigenvalue weighted by Gasteiger charge is -2.20. The van der Waals surface area contributed by atoms with Crippen LogP contribution in [0.25, 0.3) is 11.0 Å². The largest absolute Gasteiger partial charge is 0.493 e. The molecule has 0 radical (unpaired) electrons. The number of fused-ring (bicyclic) bond motifs is 1. The molecule has 1 aromatic carbocycles. The second-order valence-corrected chi connectivity index (χ2v) is 6.74. The molecule has 0 aliphatic heterocycles. The number of benzene rings is 1. The molecule has 29 heavy (non-hydrogen) atoms. The van der Waals surface area contributed by atoms with E-state index < -0.39 is 18.6 Å². The van der Waals surface area contributed by atoms with Crippen molar-refractivity contribution in [2.24, 2.45) is 5.92 Å². The van der Waals surface area contributed by atoms with Gasteiger partial charge in [0, 0.05) is 11.9 Å². The van der Waals surface area contributed by atoms with Crippen LogP contribution in [-0.2, 0) is 4.79 Å². The molecule has 2 amide bonds. The second kappa shape index (κ2) is 11.4. The Morgan fingerprint density at radius 1 is 1.28 bits per heavy atom. The molecule has 9 nitrogen and oxygen atoms in total. The van der Waals surface area contributed by atoms with Crippen LogP contribution < -0.4 is 15.4 Å². The first-order chi connectivity index (χ1) is 14.0. The summed E-state index contributed by atoms with van der Waals surface area (Å²) in [5, 5.41) is 25.2. The van der Waals surface area contributed by atoms with Gasteiger partial charge in [0.05, 0.1) is 19.7 Å². The van der Waals surface area contributed by atoms with Gasteiger partial charge in [-0.05, 0) is 18.6 Å². The maximum absolute atomic E-state index is 12.4. The number of furan rings is 1. The van der Waals surface area contributed by atoms with Crippen LogP contribution in [0.15, 0.2) is 28.7 Å². The summed E-state index contributed by atoms with van der Waals surface area (Å²) in [5.41, 5.74) is 0.479. The highest BCUT2D eigenvalue weighted by atomic mass is 16.5. The monoisotopic (exact) mass is 407 g/mol. The molecule has 9 heteroatoms. The van der Waals surface area contributed by atoms with E-state index in [1.165, 1.54) is 7.11 Å². The van der Waals surface area contributed by atoms with Crippen molar-refractivity contribution in [1.82, 2.24) is 15.7 Å². The van der Waals surface area contributed by atoms with Crippen LogP contribution in [0, 0.1) is 5.92 Å². The van der Waals surface area contributed by atoms with Crippen molar-refractivity contribution in [3.8, 4) is 5.75 Å². The fourth-order valence-electron chi connectivity index (χ4n) is 3.01. The third-order valence-corrected chi connectivity index (χ3v) is 4.58. The van der Waals surface area contributed by atoms with Gasteiger partial charge in [-0.15, -0.1) is 0 Å². The molecule has 0 fully saturated rings. The van der Waals surface area contributed by atoms with Gasteiger partial charge in [-0.25, -0.2) is 0 Å². The summed E-state index contributed by atoms with van der Waals surface area (Å²) in [6.07, 6.45) is 3.39. The minimum Gasteiger partial charge on any atom is -0.493 e. The number of carbonyl (C=O) groups excluding carboxylic acids is 2. The Labute approximate surface area is 169 Å². The van der Waals surface area contributed by atoms with E-state index in [9.17, 15) is 14.8 Å². The predicted octanol–water partition coefficient (Wildman–Crippen LogP) is 2.08. The molecule has 2 rings (SSSR count). The Morgan fingerprint density at radius 2 is 2.07 bits per heavy atom. The number of unbranched alkanes of at least 4 members (excludes halogenated alkanes) is 2. The first-order valence-electron chi connectivity index (χ1n) is 9.67. The van der Waals surface area contributed by atoms with Gasteiger partial charge in [0.2, 0.25) is 5.91 Å². The number of nitrogens with zero attached hydrogens (tertiary/aromatic N) is 1. The summed E-state index contributed by atoms with van der Waals surface area (Å²) in [6, 6.07) is 6.95. The molecule has 0 aliphatic rings. The van der Waals surface area contributed by atoms with E-state index in [0.29, 0.717) is 22.8 Å². The van der Waals surface area contributed by atoms with Gasteiger partial charge < -0.3 is 30.1 Å². The number of amides is 2. The summed E-state index contributed by atoms with van der Waals surface area (Å²) < 4.78 is 10.8. The summed E-state index contributed by atoms with van der Waals surface area (Å²) in [4.78, 5) is 24.7. The molecule has 0 spiro atoms. The van der Waals surface area contributed by atoms with Gasteiger partial charge in [0.25, 0.3) is 5.91 Å². The highest BCUT2D eigenvalue weighted by molar-refractivity contribution is 5.97. The third-order valence-electron chi connectivity index (χ3n) is 4.58. The Kier molecular flexibility index (Phi) is 8.91. The number of methoxy groups -OCH3 is 1. The number of aliphatic hydroxyl groups excluding tert-OH is 1. The van der Waals surface area contributed by atoms with Crippen LogP contribution in [0.4, 0.5) is 0 Å². The Morgan fingerprint density at radius 3 is 2.76 bits per heavy atom. The van der Waals surface area contributed by atoms with Gasteiger partial charge in [0.1, 0.15) is 6.73 Å². The smallest absolute Gasteiger partial charge is 0.288 e. The van der Waals surface area contributed by atoms with Crippen LogP contribution in [0.5, 0.6) is 5.75 Å². The average molecular weight is 407 g/mol. The molecular weight excluding hydrogens is 378 g/mol. The minimum atomic E-state index is -0.552. The fourth-order valence-corrected chi connectivity index (χ4v) is 3.01. The molecular formula is C20H29N3O6. The zero-order chi connectivity index (χ0) is 21.2. The molecule has 1 atom stereocenters. The standard InChI is InChI=1S/C20H29N3O6/c1-3-4-5-7-15(11-23(27)13-24)19(25)21-12-22-20(26)17-10-14-8-6-9-16(28-2)18(14)29-17/h6,8-10,15,24,27H,3-5,7,11-13H2,1-2H3,(H,21,25)(H,22,26)/t15-/m1/s1. The highest BCUT2D eigenvalue weighted by Crippen LogP contribution is 2.28. The Bertz CT molecular complexity index is 807. The van der Waals surface area contributed by atoms with Crippen molar-refractivity contribution < 1.29 is 29.1 Å². The Balaban J connectivity index is 1.90. The molecule has 0 unspecified atom stereocenters. The number of rotatable bonds is 12. The molecule has 0 bridgehead atoms. The molecule has 0 aliphatic carbocycles. The van der Waals surface area contributed by atoms with Crippen molar-refractivity contribution in [1.29, 1.82) is 0 Å². The summed E-state index contributed by atoms with van der Waals surface area (Å²) in [7, 11) is 1.52. The number of hydrogen-bond donors (Lipinski definition) is 4. The summed E-state index contributed by atoms with van der Waals surface area (Å²) in [6.45, 7) is 1.44. The topological polar surface area (TPSA) is 124 Å². The lowest BCUT2D eigenvalue weighted by Crippen LogP contribution is -2.43. The zero-order valence-corrected chi connectivity index (χ0v) is 16.8. The SMILES string of the molecule is CCCCC[C@H](CN(O)CO)C(=O)NCNC(=O)c1cc2cccc(OC)c2o1. The molecule has 160 valence electrons. The number of para-hydroxylation sites is 1. The van der Waals surface area contributed by atoms with Crippen LogP contribution in [0.1, 0.15) is 43.2 Å². The maximum atomic E-state index is 12.4. The zero-order valence-electron chi connectivity index (χ0n) is 16.8. The van der Waals surface area contributed by atoms with Crippen molar-refractivity contribution in [3.05, 3.63) is 30.0 Å². The minimum absolute atomic E-state index is 0.0172. The molecule has 0 saturated heterocycles. The number of hydroxylamine groups is 2. The van der Waals surface area contributed by atoms with Gasteiger partial charge in [-0.3, -0.25) is 9.59 Å². The van der Waals surface area contributed by atoms with Gasteiger partial charge in [-0.2, -0.15) is 5.06 Å². The van der Waals surface area contributed by atoms with Crippen molar-refractivity contribution in [3.63, 3.8) is 0 Å². The van der Waals surface area contributed by atoms with E-state index in [0.717, 1.165) is 24.6 Å². The quantitative estimate of drug-likeness (QED) is 0.241. The number of nitrogens with one attached hydrogen (secondary N) is 2. The number of carbonyl (C=O) groups is 2. The Hall–Kier alpha value is -2.62. The van der Waals surface area contributed by atoms with E-state index in [1.54, 1.807) is 18.2 Å². The predicted molar refractivity (Wildman–Crippen MR) is 106 cm³/mol. The normalized spacial score (nSPS) is 12.2. The van der Waals surface area contributed by atoms with Crippen molar-refractivity contribution in [2.75, 3.05) is 27.1 Å². The van der Waals surface area contributed by atoms with Gasteiger partial charge >= 0.3 is 0 Å². The molecule has 1 aromatic heterocycles. The fraction of sp³-hybridized carbons (Fsp3) is 0.500. The first-order valence-corrected chi connectivity index (χ1v) is 9.67. The summed E-state index contributed by atoms with van der Waals surface area (Å²) in [5.74, 6) is -0.626. The van der Waals surface area contributed by atoms with Crippen molar-refractivity contribution in [2.45, 2.75) is 32.6 Å². The summed E-state index contributed by atoms with van der Waals surface area (Å²) >= 11 is 0. The molecule has 4 N–H and O–H groups in total. The lowest BCUT2D eigenvalue weighted by molar-refractivity contribution is -0.157. The van der Waals surface area contributed by atoms with Gasteiger partial charge in [0.15, 0.2) is 17.1 Å². The second-order valence-electron chi connectivity index (χ2n) is 6.74. The van der Waals surface area contributed by atoms with E-state index in [1.807, 2.05) is 6.07 Å². The number of aliphatic hydroxyl groups is 1. The molecule has 1 heterocycles. The van der Waals surface area contributed by atoms with E-state index in [2.05, 4.69) is 17.6 Å². The van der Waals surface area contributed by atoms with Crippen LogP contribution in [0.2, 0.25) is 0 Å². The highest BCUT2D eigenvalue weighted by Gasteiger charge is 2.21. The third kappa shape index (κ3) is 6.45. The maximum Gasteiger partial charge on any atom is 0.288 e. The number of ether oxygens (including phenoxy) is 1. The van der Waals surface area contributed by atoms with E-state index in [-0.39, 0.29) is 24.9 Å². The molecule has 0 saturated carbocycles. The average Bonchev–Trinajstić information content (AvgIpc) is 3.17. The van der Waals surface area contributed by atoms with E-state index in [4.69, 9.17) is 14.3 Å². The van der Waals surface area contributed by atoms with Crippen molar-refractivity contribution >= 4 is 22.8 Å². The van der Waals surface area contributed by atoms with Crippen LogP contribution in [-0.4, -0.2) is 54.2 Å². The van der Waals surface area contributed by atoms with Gasteiger partial charge in [-0.1, -0.05) is 38.3 Å². The lowest BCUT2D eigenvalue weighted by atomic mass is 10.0. The first kappa shape index (κ1) is 22.7.